The first-order valence-electron chi connectivity index (χ1n) is 10.7. The Kier molecular flexibility index (Phi) is 7.84. The fourth-order valence-corrected chi connectivity index (χ4v) is 5.08. The summed E-state index contributed by atoms with van der Waals surface area (Å²) < 4.78 is 2.46. The third kappa shape index (κ3) is 6.61. The number of nitrogens with one attached hydrogen (secondary N) is 1. The summed E-state index contributed by atoms with van der Waals surface area (Å²) in [7, 11) is 0. The highest BCUT2D eigenvalue weighted by Gasteiger charge is 2.20. The van der Waals surface area contributed by atoms with Crippen LogP contribution in [0.4, 0.5) is 0 Å². The SMILES string of the molecule is CC(C)(C)C(=O)C=c1sc(=Cc2cccs2)c(=O)n1CC(=O)NCCC1=CCCCC1. The van der Waals surface area contributed by atoms with E-state index < -0.39 is 5.41 Å². The fraction of sp³-hybridized carbons (Fsp3) is 0.458. The van der Waals surface area contributed by atoms with Crippen molar-refractivity contribution in [2.24, 2.45) is 5.41 Å². The molecule has 0 fully saturated rings. The highest BCUT2D eigenvalue weighted by Crippen LogP contribution is 2.19. The number of thiazole rings is 1. The molecule has 1 amide bonds. The molecule has 1 aliphatic rings. The molecule has 2 heterocycles. The molecule has 0 spiro atoms. The number of nitrogens with zero attached hydrogens (tertiary/aromatic N) is 1. The van der Waals surface area contributed by atoms with E-state index in [2.05, 4.69) is 11.4 Å². The van der Waals surface area contributed by atoms with Crippen molar-refractivity contribution in [2.45, 2.75) is 59.4 Å². The van der Waals surface area contributed by atoms with Crippen LogP contribution >= 0.6 is 22.7 Å². The molecule has 0 aliphatic heterocycles. The topological polar surface area (TPSA) is 68.2 Å². The van der Waals surface area contributed by atoms with E-state index in [-0.39, 0.29) is 23.8 Å². The number of rotatable bonds is 7. The first kappa shape index (κ1) is 23.4. The lowest BCUT2D eigenvalue weighted by atomic mass is 9.91. The van der Waals surface area contributed by atoms with E-state index in [4.69, 9.17) is 0 Å². The summed E-state index contributed by atoms with van der Waals surface area (Å²) in [6, 6.07) is 3.86. The molecule has 0 saturated heterocycles. The van der Waals surface area contributed by atoms with Crippen LogP contribution in [0.5, 0.6) is 0 Å². The average Bonchev–Trinajstić information content (AvgIpc) is 3.32. The quantitative estimate of drug-likeness (QED) is 0.648. The Bertz CT molecular complexity index is 1130. The van der Waals surface area contributed by atoms with Gasteiger partial charge in [0.25, 0.3) is 5.56 Å². The van der Waals surface area contributed by atoms with Gasteiger partial charge in [-0.1, -0.05) is 38.5 Å². The van der Waals surface area contributed by atoms with Gasteiger partial charge in [-0.25, -0.2) is 0 Å². The Balaban J connectivity index is 1.83. The van der Waals surface area contributed by atoms with Crippen LogP contribution in [0.3, 0.4) is 0 Å². The molecule has 5 nitrogen and oxygen atoms in total. The highest BCUT2D eigenvalue weighted by atomic mass is 32.1. The second kappa shape index (κ2) is 10.4. The number of Topliss-reactive ketones (excluding diaryl/α,β-unsaturated/α-hetero) is 1. The molecule has 1 aliphatic carbocycles. The van der Waals surface area contributed by atoms with Crippen LogP contribution in [0, 0.1) is 5.41 Å². The van der Waals surface area contributed by atoms with Crippen molar-refractivity contribution in [3.05, 3.63) is 53.6 Å². The largest absolute Gasteiger partial charge is 0.354 e. The maximum absolute atomic E-state index is 13.0. The van der Waals surface area contributed by atoms with Gasteiger partial charge in [-0.05, 0) is 49.6 Å². The van der Waals surface area contributed by atoms with E-state index >= 15 is 0 Å². The monoisotopic (exact) mass is 458 g/mol. The van der Waals surface area contributed by atoms with E-state index in [1.54, 1.807) is 0 Å². The molecule has 0 unspecified atom stereocenters. The van der Waals surface area contributed by atoms with E-state index in [0.29, 0.717) is 15.7 Å². The number of hydrogen-bond acceptors (Lipinski definition) is 5. The van der Waals surface area contributed by atoms with Crippen LogP contribution < -0.4 is 20.1 Å². The molecular formula is C24H30N2O3S2. The van der Waals surface area contributed by atoms with Crippen molar-refractivity contribution in [3.63, 3.8) is 0 Å². The fourth-order valence-electron chi connectivity index (χ4n) is 3.32. The van der Waals surface area contributed by atoms with Gasteiger partial charge in [0.1, 0.15) is 11.2 Å². The van der Waals surface area contributed by atoms with Crippen molar-refractivity contribution in [2.75, 3.05) is 6.54 Å². The third-order valence-electron chi connectivity index (χ3n) is 5.20. The van der Waals surface area contributed by atoms with Crippen molar-refractivity contribution in [3.8, 4) is 0 Å². The Labute approximate surface area is 190 Å². The van der Waals surface area contributed by atoms with Crippen molar-refractivity contribution in [1.82, 2.24) is 9.88 Å². The minimum absolute atomic E-state index is 0.0742. The van der Waals surface area contributed by atoms with Gasteiger partial charge >= 0.3 is 0 Å². The Morgan fingerprint density at radius 3 is 2.71 bits per heavy atom. The molecule has 2 aromatic heterocycles. The lowest BCUT2D eigenvalue weighted by molar-refractivity contribution is -0.122. The van der Waals surface area contributed by atoms with Gasteiger partial charge < -0.3 is 5.32 Å². The number of hydrogen-bond donors (Lipinski definition) is 1. The molecule has 0 radical (unpaired) electrons. The standard InChI is InChI=1S/C24H30N2O3S2/c1-24(2,3)20(27)15-22-26(23(29)19(31-22)14-18-10-7-13-30-18)16-21(28)25-12-11-17-8-5-4-6-9-17/h7-8,10,13-15H,4-6,9,11-12,16H2,1-3H3,(H,25,28). The molecular weight excluding hydrogens is 428 g/mol. The second-order valence-electron chi connectivity index (χ2n) is 8.82. The molecule has 3 rings (SSSR count). The minimum Gasteiger partial charge on any atom is -0.354 e. The molecule has 0 aromatic carbocycles. The van der Waals surface area contributed by atoms with E-state index in [1.165, 1.54) is 51.7 Å². The first-order valence-corrected chi connectivity index (χ1v) is 12.4. The normalized spacial score (nSPS) is 15.8. The molecule has 0 saturated carbocycles. The zero-order valence-electron chi connectivity index (χ0n) is 18.4. The summed E-state index contributed by atoms with van der Waals surface area (Å²) in [5.41, 5.74) is 0.603. The van der Waals surface area contributed by atoms with Crippen LogP contribution in [0.1, 0.15) is 57.8 Å². The van der Waals surface area contributed by atoms with E-state index in [0.717, 1.165) is 24.1 Å². The van der Waals surface area contributed by atoms with Crippen LogP contribution in [0.2, 0.25) is 0 Å². The summed E-state index contributed by atoms with van der Waals surface area (Å²) in [5, 5.41) is 4.88. The van der Waals surface area contributed by atoms with Gasteiger partial charge in [-0.2, -0.15) is 0 Å². The molecule has 1 N–H and O–H groups in total. The molecule has 0 bridgehead atoms. The van der Waals surface area contributed by atoms with Gasteiger partial charge in [0.15, 0.2) is 5.78 Å². The molecule has 31 heavy (non-hydrogen) atoms. The van der Waals surface area contributed by atoms with Gasteiger partial charge in [-0.15, -0.1) is 22.7 Å². The van der Waals surface area contributed by atoms with Gasteiger partial charge in [0.2, 0.25) is 5.91 Å². The predicted octanol–water partition coefficient (Wildman–Crippen LogP) is 3.20. The van der Waals surface area contributed by atoms with Gasteiger partial charge in [0.05, 0.1) is 4.53 Å². The van der Waals surface area contributed by atoms with Crippen LogP contribution in [-0.4, -0.2) is 22.8 Å². The zero-order chi connectivity index (χ0) is 22.4. The molecule has 0 atom stereocenters. The zero-order valence-corrected chi connectivity index (χ0v) is 20.0. The smallest absolute Gasteiger partial charge is 0.269 e. The summed E-state index contributed by atoms with van der Waals surface area (Å²) in [5.74, 6) is -0.286. The number of carbonyl (C=O) groups is 2. The summed E-state index contributed by atoms with van der Waals surface area (Å²) in [4.78, 5) is 39.1. The number of aromatic nitrogens is 1. The number of carbonyl (C=O) groups excluding carboxylic acids is 2. The highest BCUT2D eigenvalue weighted by molar-refractivity contribution is 7.11. The van der Waals surface area contributed by atoms with E-state index in [9.17, 15) is 14.4 Å². The summed E-state index contributed by atoms with van der Waals surface area (Å²) in [6.07, 6.45) is 11.1. The third-order valence-corrected chi connectivity index (χ3v) is 7.08. The minimum atomic E-state index is -0.557. The number of amides is 1. The van der Waals surface area contributed by atoms with Crippen LogP contribution in [0.15, 0.2) is 34.0 Å². The van der Waals surface area contributed by atoms with Crippen molar-refractivity contribution in [1.29, 1.82) is 0 Å². The first-order chi connectivity index (χ1) is 14.7. The van der Waals surface area contributed by atoms with Crippen molar-refractivity contribution < 1.29 is 9.59 Å². The maximum atomic E-state index is 13.0. The van der Waals surface area contributed by atoms with Gasteiger partial charge in [0, 0.05) is 22.9 Å². The van der Waals surface area contributed by atoms with Crippen LogP contribution in [-0.2, 0) is 16.1 Å². The average molecular weight is 459 g/mol. The second-order valence-corrected chi connectivity index (χ2v) is 10.9. The lowest BCUT2D eigenvalue weighted by Gasteiger charge is -2.13. The van der Waals surface area contributed by atoms with Gasteiger partial charge in [-0.3, -0.25) is 19.0 Å². The van der Waals surface area contributed by atoms with Crippen LogP contribution in [0.25, 0.3) is 12.2 Å². The Morgan fingerprint density at radius 1 is 1.26 bits per heavy atom. The number of ketones is 1. The maximum Gasteiger partial charge on any atom is 0.269 e. The number of thiophene rings is 1. The van der Waals surface area contributed by atoms with E-state index in [1.807, 2.05) is 44.4 Å². The Hall–Kier alpha value is -2.25. The molecule has 2 aromatic rings. The van der Waals surface area contributed by atoms with Crippen molar-refractivity contribution >= 4 is 46.5 Å². The predicted molar refractivity (Wildman–Crippen MR) is 129 cm³/mol. The Morgan fingerprint density at radius 2 is 2.06 bits per heavy atom. The lowest BCUT2D eigenvalue weighted by Crippen LogP contribution is -2.39. The number of allylic oxidation sites excluding steroid dienone is 1. The molecule has 166 valence electrons. The summed E-state index contributed by atoms with van der Waals surface area (Å²) in [6.45, 7) is 6.00. The molecule has 7 heteroatoms. The summed E-state index contributed by atoms with van der Waals surface area (Å²) >= 11 is 2.79.